The SMILES string of the molecule is NC(=O)c1ccc2c3n(nc2c1)[C@@H]1[C@H](CO3)N(CC2CC2)[C@@]2(C(=O)Nc3cc(Cl)ccc32)[C@H]1c1ccnc(Cl)c1F. The number of nitrogens with two attached hydrogens (primary N) is 1. The van der Waals surface area contributed by atoms with E-state index in [0.717, 1.165) is 12.8 Å². The van der Waals surface area contributed by atoms with Crippen molar-refractivity contribution in [2.75, 3.05) is 18.5 Å². The number of carbonyl (C=O) groups excluding carboxylic acids is 2. The number of pyridine rings is 1. The number of aromatic nitrogens is 3. The van der Waals surface area contributed by atoms with Gasteiger partial charge in [-0.2, -0.15) is 5.10 Å². The van der Waals surface area contributed by atoms with Crippen LogP contribution in [0.4, 0.5) is 10.1 Å². The van der Waals surface area contributed by atoms with Gasteiger partial charge in [-0.1, -0.05) is 29.3 Å². The molecular weight excluding hydrogens is 570 g/mol. The molecule has 2 aromatic carbocycles. The van der Waals surface area contributed by atoms with E-state index in [0.29, 0.717) is 51.1 Å². The molecule has 41 heavy (non-hydrogen) atoms. The third-order valence-corrected chi connectivity index (χ3v) is 9.50. The average Bonchev–Trinajstić information content (AvgIpc) is 3.53. The largest absolute Gasteiger partial charge is 0.476 e. The van der Waals surface area contributed by atoms with Gasteiger partial charge in [-0.3, -0.25) is 14.5 Å². The topological polar surface area (TPSA) is 115 Å². The predicted molar refractivity (Wildman–Crippen MR) is 150 cm³/mol. The Morgan fingerprint density at radius 3 is 2.80 bits per heavy atom. The lowest BCUT2D eigenvalue weighted by Crippen LogP contribution is -2.54. The number of ether oxygens (including phenoxy) is 1. The van der Waals surface area contributed by atoms with Crippen molar-refractivity contribution in [1.82, 2.24) is 19.7 Å². The van der Waals surface area contributed by atoms with Crippen LogP contribution in [0.5, 0.6) is 5.88 Å². The van der Waals surface area contributed by atoms with E-state index < -0.39 is 29.2 Å². The molecule has 1 aliphatic carbocycles. The van der Waals surface area contributed by atoms with Gasteiger partial charge in [0.25, 0.3) is 0 Å². The first kappa shape index (κ1) is 25.0. The maximum absolute atomic E-state index is 16.1. The minimum Gasteiger partial charge on any atom is -0.476 e. The first-order chi connectivity index (χ1) is 19.8. The summed E-state index contributed by atoms with van der Waals surface area (Å²) in [5.41, 5.74) is 6.63. The molecule has 0 bridgehead atoms. The molecule has 2 aromatic heterocycles. The summed E-state index contributed by atoms with van der Waals surface area (Å²) >= 11 is 12.6. The number of primary amides is 1. The van der Waals surface area contributed by atoms with Gasteiger partial charge in [-0.15, -0.1) is 0 Å². The van der Waals surface area contributed by atoms with Crippen molar-refractivity contribution in [3.05, 3.63) is 81.3 Å². The van der Waals surface area contributed by atoms with Crippen LogP contribution in [0, 0.1) is 11.7 Å². The normalized spacial score (nSPS) is 26.5. The molecule has 208 valence electrons. The molecule has 2 amide bonds. The number of fused-ring (bicyclic) bond motifs is 7. The highest BCUT2D eigenvalue weighted by Crippen LogP contribution is 2.63. The van der Waals surface area contributed by atoms with Crippen LogP contribution in [0.2, 0.25) is 10.2 Å². The van der Waals surface area contributed by atoms with Gasteiger partial charge in [-0.25, -0.2) is 14.1 Å². The Kier molecular flexibility index (Phi) is 5.27. The Labute approximate surface area is 243 Å². The van der Waals surface area contributed by atoms with Gasteiger partial charge < -0.3 is 15.8 Å². The number of likely N-dealkylation sites (tertiary alicyclic amines) is 1. The minimum atomic E-state index is -1.30. The monoisotopic (exact) mass is 592 g/mol. The van der Waals surface area contributed by atoms with Crippen LogP contribution in [0.25, 0.3) is 10.9 Å². The first-order valence-electron chi connectivity index (χ1n) is 13.4. The Balaban J connectivity index is 1.43. The second kappa shape index (κ2) is 8.64. The fourth-order valence-corrected chi connectivity index (χ4v) is 7.49. The van der Waals surface area contributed by atoms with Crippen LogP contribution in [0.15, 0.2) is 48.7 Å². The highest BCUT2D eigenvalue weighted by Gasteiger charge is 2.69. The maximum Gasteiger partial charge on any atom is 0.250 e. The molecule has 4 aromatic rings. The van der Waals surface area contributed by atoms with Gasteiger partial charge >= 0.3 is 0 Å². The van der Waals surface area contributed by atoms with Crippen molar-refractivity contribution in [3.63, 3.8) is 0 Å². The highest BCUT2D eigenvalue weighted by atomic mass is 35.5. The molecule has 1 saturated carbocycles. The zero-order chi connectivity index (χ0) is 28.2. The zero-order valence-electron chi connectivity index (χ0n) is 21.5. The van der Waals surface area contributed by atoms with Crippen LogP contribution in [-0.2, 0) is 10.3 Å². The standard InChI is InChI=1S/C29H23Cl2FN6O3/c30-15-4-6-18-20(10-15)35-28(40)29(18)22(17-7-8-34-25(31)23(17)32)24-21(37(29)11-13-1-2-13)12-41-27-16-5-3-14(26(33)39)9-19(16)36-38(24)27/h3-10,13,21-22,24H,1-2,11-12H2,(H2,33,39)(H,35,40)/t21-,22-,24+,29+/m0/s1. The summed E-state index contributed by atoms with van der Waals surface area (Å²) in [6, 6.07) is 11.1. The third kappa shape index (κ3) is 3.38. The molecule has 4 aliphatic rings. The van der Waals surface area contributed by atoms with Crippen LogP contribution in [0.1, 0.15) is 46.3 Å². The molecule has 1 saturated heterocycles. The summed E-state index contributed by atoms with van der Waals surface area (Å²) < 4.78 is 24.2. The number of rotatable bonds is 4. The van der Waals surface area contributed by atoms with Gasteiger partial charge in [0, 0.05) is 46.1 Å². The quantitative estimate of drug-likeness (QED) is 0.334. The van der Waals surface area contributed by atoms with E-state index in [2.05, 4.69) is 15.2 Å². The van der Waals surface area contributed by atoms with Crippen molar-refractivity contribution in [3.8, 4) is 5.88 Å². The van der Waals surface area contributed by atoms with E-state index in [1.54, 1.807) is 41.1 Å². The van der Waals surface area contributed by atoms with E-state index in [9.17, 15) is 9.59 Å². The van der Waals surface area contributed by atoms with Gasteiger partial charge in [0.05, 0.1) is 23.0 Å². The number of amides is 2. The van der Waals surface area contributed by atoms with Crippen molar-refractivity contribution in [2.45, 2.75) is 36.4 Å². The molecule has 2 fully saturated rings. The summed E-state index contributed by atoms with van der Waals surface area (Å²) in [6.45, 7) is 0.879. The van der Waals surface area contributed by atoms with E-state index in [-0.39, 0.29) is 29.3 Å². The second-order valence-corrected chi connectivity index (χ2v) is 12.0. The predicted octanol–water partition coefficient (Wildman–Crippen LogP) is 4.64. The van der Waals surface area contributed by atoms with Crippen LogP contribution in [0.3, 0.4) is 0 Å². The number of benzene rings is 2. The van der Waals surface area contributed by atoms with Gasteiger partial charge in [0.2, 0.25) is 17.7 Å². The second-order valence-electron chi connectivity index (χ2n) is 11.2. The number of nitrogens with zero attached hydrogens (tertiary/aromatic N) is 4. The average molecular weight is 593 g/mol. The van der Waals surface area contributed by atoms with Crippen LogP contribution < -0.4 is 15.8 Å². The molecule has 8 rings (SSSR count). The maximum atomic E-state index is 16.1. The Morgan fingerprint density at radius 1 is 1.20 bits per heavy atom. The fraction of sp³-hybridized carbons (Fsp3) is 0.310. The summed E-state index contributed by atoms with van der Waals surface area (Å²) in [6.07, 6.45) is 3.56. The number of anilines is 1. The minimum absolute atomic E-state index is 0.255. The third-order valence-electron chi connectivity index (χ3n) is 9.00. The molecule has 12 heteroatoms. The number of hydrogen-bond donors (Lipinski definition) is 2. The zero-order valence-corrected chi connectivity index (χ0v) is 23.0. The summed E-state index contributed by atoms with van der Waals surface area (Å²) in [5, 5.41) is 8.83. The molecule has 5 heterocycles. The Bertz CT molecular complexity index is 1810. The summed E-state index contributed by atoms with van der Waals surface area (Å²) in [4.78, 5) is 32.5. The molecule has 1 spiro atoms. The van der Waals surface area contributed by atoms with Crippen molar-refractivity contribution >= 4 is 51.6 Å². The van der Waals surface area contributed by atoms with Crippen molar-refractivity contribution in [1.29, 1.82) is 0 Å². The lowest BCUT2D eigenvalue weighted by Gasteiger charge is -2.39. The molecule has 4 atom stereocenters. The van der Waals surface area contributed by atoms with Crippen LogP contribution >= 0.6 is 23.2 Å². The fourth-order valence-electron chi connectivity index (χ4n) is 7.16. The molecule has 3 N–H and O–H groups in total. The Hall–Kier alpha value is -3.73. The lowest BCUT2D eigenvalue weighted by atomic mass is 9.73. The van der Waals surface area contributed by atoms with E-state index in [1.165, 1.54) is 6.20 Å². The number of halogens is 3. The van der Waals surface area contributed by atoms with Crippen molar-refractivity contribution < 1.29 is 18.7 Å². The Morgan fingerprint density at radius 2 is 2.02 bits per heavy atom. The van der Waals surface area contributed by atoms with Crippen molar-refractivity contribution in [2.24, 2.45) is 11.7 Å². The smallest absolute Gasteiger partial charge is 0.250 e. The molecule has 3 aliphatic heterocycles. The first-order valence-corrected chi connectivity index (χ1v) is 14.2. The summed E-state index contributed by atoms with van der Waals surface area (Å²) in [7, 11) is 0. The molecule has 9 nitrogen and oxygen atoms in total. The summed E-state index contributed by atoms with van der Waals surface area (Å²) in [5.74, 6) is -1.39. The van der Waals surface area contributed by atoms with E-state index in [1.807, 2.05) is 6.07 Å². The number of carbonyl (C=O) groups is 2. The van der Waals surface area contributed by atoms with E-state index in [4.69, 9.17) is 38.8 Å². The lowest BCUT2D eigenvalue weighted by molar-refractivity contribution is -0.128. The van der Waals surface area contributed by atoms with Gasteiger partial charge in [0.1, 0.15) is 12.1 Å². The molecule has 0 radical (unpaired) electrons. The number of nitrogens with one attached hydrogen (secondary N) is 1. The van der Waals surface area contributed by atoms with Gasteiger partial charge in [0.15, 0.2) is 11.0 Å². The molecular formula is C29H23Cl2FN6O3. The van der Waals surface area contributed by atoms with E-state index >= 15 is 4.39 Å². The molecule has 0 unspecified atom stereocenters. The highest BCUT2D eigenvalue weighted by molar-refractivity contribution is 6.31. The number of hydrogen-bond acceptors (Lipinski definition) is 6. The van der Waals surface area contributed by atoms with Gasteiger partial charge in [-0.05, 0) is 55.2 Å². The van der Waals surface area contributed by atoms with Crippen LogP contribution in [-0.4, -0.2) is 50.7 Å².